The van der Waals surface area contributed by atoms with E-state index in [2.05, 4.69) is 13.8 Å². The van der Waals surface area contributed by atoms with Gasteiger partial charge in [-0.15, -0.1) is 0 Å². The van der Waals surface area contributed by atoms with Crippen LogP contribution in [-0.2, 0) is 9.59 Å². The molecule has 3 aliphatic carbocycles. The first-order chi connectivity index (χ1) is 7.11. The largest absolute Gasteiger partial charge is 0.299 e. The van der Waals surface area contributed by atoms with E-state index in [1.54, 1.807) is 0 Å². The van der Waals surface area contributed by atoms with Crippen molar-refractivity contribution >= 4 is 11.6 Å². The van der Waals surface area contributed by atoms with E-state index in [4.69, 9.17) is 0 Å². The highest BCUT2D eigenvalue weighted by Crippen LogP contribution is 2.59. The Kier molecular flexibility index (Phi) is 1.74. The van der Waals surface area contributed by atoms with Gasteiger partial charge < -0.3 is 0 Å². The Balaban J connectivity index is 2.10. The summed E-state index contributed by atoms with van der Waals surface area (Å²) in [6.45, 7) is 4.24. The molecule has 2 bridgehead atoms. The molecule has 80 valence electrons. The fraction of sp³-hybridized carbons (Fsp3) is 0.692. The van der Waals surface area contributed by atoms with Crippen LogP contribution in [0, 0.1) is 23.7 Å². The number of hydrogen-bond acceptors (Lipinski definition) is 2. The van der Waals surface area contributed by atoms with Crippen LogP contribution in [0.4, 0.5) is 0 Å². The summed E-state index contributed by atoms with van der Waals surface area (Å²) in [4.78, 5) is 23.6. The van der Waals surface area contributed by atoms with Gasteiger partial charge in [-0.3, -0.25) is 9.59 Å². The van der Waals surface area contributed by atoms with Crippen molar-refractivity contribution in [1.82, 2.24) is 0 Å². The summed E-state index contributed by atoms with van der Waals surface area (Å²) < 4.78 is 0. The fourth-order valence-electron chi connectivity index (χ4n) is 4.19. The van der Waals surface area contributed by atoms with Crippen molar-refractivity contribution in [3.05, 3.63) is 11.1 Å². The summed E-state index contributed by atoms with van der Waals surface area (Å²) >= 11 is 0. The van der Waals surface area contributed by atoms with Crippen molar-refractivity contribution in [1.29, 1.82) is 0 Å². The average molecular weight is 204 g/mol. The molecule has 15 heavy (non-hydrogen) atoms. The van der Waals surface area contributed by atoms with Gasteiger partial charge in [-0.2, -0.15) is 0 Å². The molecule has 2 heteroatoms. The third-order valence-corrected chi connectivity index (χ3v) is 4.51. The summed E-state index contributed by atoms with van der Waals surface area (Å²) in [5, 5.41) is 0. The normalized spacial score (nSPS) is 42.7. The smallest absolute Gasteiger partial charge is 0.144 e. The highest BCUT2D eigenvalue weighted by atomic mass is 16.2. The van der Waals surface area contributed by atoms with Gasteiger partial charge in [0.1, 0.15) is 11.6 Å². The van der Waals surface area contributed by atoms with Gasteiger partial charge >= 0.3 is 0 Å². The number of allylic oxidation sites excluding steroid dienone is 2. The lowest BCUT2D eigenvalue weighted by atomic mass is 9.81. The minimum Gasteiger partial charge on any atom is -0.299 e. The Bertz CT molecular complexity index is 357. The predicted octanol–water partition coefficient (Wildman–Crippen LogP) is 2.14. The molecule has 0 amide bonds. The second kappa shape index (κ2) is 2.81. The Hall–Kier alpha value is -0.920. The maximum Gasteiger partial charge on any atom is 0.144 e. The minimum absolute atomic E-state index is 0.0705. The zero-order valence-corrected chi connectivity index (χ0v) is 9.25. The quantitative estimate of drug-likeness (QED) is 0.447. The molecular weight excluding hydrogens is 188 g/mol. The molecule has 3 fully saturated rings. The standard InChI is InChI=1S/C13H16O2/c1-6(2)11-7-3-4-8(11)13-10(15)5-9(14)12(7)13/h7-8,12-13H,3-5H2,1-2H3/t7-,8+,12-,13+. The number of Topliss-reactive ketones (excluding diaryl/α,β-unsaturated/α-hetero) is 2. The SMILES string of the molecule is CC(C)=C1[C@H]2CC[C@@H]1[C@H]1C(=O)CC(=O)[C@H]12. The van der Waals surface area contributed by atoms with E-state index in [0.717, 1.165) is 12.8 Å². The molecule has 0 aromatic carbocycles. The zero-order valence-electron chi connectivity index (χ0n) is 9.25. The Morgan fingerprint density at radius 2 is 1.47 bits per heavy atom. The van der Waals surface area contributed by atoms with Crippen molar-refractivity contribution in [2.75, 3.05) is 0 Å². The monoisotopic (exact) mass is 204 g/mol. The average Bonchev–Trinajstić information content (AvgIpc) is 2.77. The lowest BCUT2D eigenvalue weighted by Crippen LogP contribution is -2.24. The molecule has 0 heterocycles. The van der Waals surface area contributed by atoms with Crippen LogP contribution in [0.2, 0.25) is 0 Å². The second-order valence-corrected chi connectivity index (χ2v) is 5.41. The number of ketones is 2. The molecule has 0 aliphatic heterocycles. The highest BCUT2D eigenvalue weighted by molar-refractivity contribution is 6.10. The first-order valence-electron chi connectivity index (χ1n) is 5.84. The molecule has 3 rings (SSSR count). The van der Waals surface area contributed by atoms with Crippen molar-refractivity contribution in [3.8, 4) is 0 Å². The van der Waals surface area contributed by atoms with Crippen molar-refractivity contribution in [3.63, 3.8) is 0 Å². The number of hydrogen-bond donors (Lipinski definition) is 0. The van der Waals surface area contributed by atoms with Gasteiger partial charge in [0.15, 0.2) is 0 Å². The fourth-order valence-corrected chi connectivity index (χ4v) is 4.19. The van der Waals surface area contributed by atoms with E-state index in [-0.39, 0.29) is 29.8 Å². The van der Waals surface area contributed by atoms with Gasteiger partial charge in [0.05, 0.1) is 6.42 Å². The van der Waals surface area contributed by atoms with Gasteiger partial charge in [-0.05, 0) is 38.5 Å². The summed E-state index contributed by atoms with van der Waals surface area (Å²) in [6.07, 6.45) is 2.48. The van der Waals surface area contributed by atoms with Crippen molar-refractivity contribution in [2.24, 2.45) is 23.7 Å². The molecule has 0 radical (unpaired) electrons. The maximum absolute atomic E-state index is 11.8. The van der Waals surface area contributed by atoms with E-state index >= 15 is 0 Å². The molecule has 0 saturated heterocycles. The van der Waals surface area contributed by atoms with Crippen LogP contribution in [-0.4, -0.2) is 11.6 Å². The maximum atomic E-state index is 11.8. The molecule has 2 nitrogen and oxygen atoms in total. The molecule has 0 aromatic rings. The van der Waals surface area contributed by atoms with Crippen molar-refractivity contribution < 1.29 is 9.59 Å². The summed E-state index contributed by atoms with van der Waals surface area (Å²) in [5.74, 6) is 1.42. The molecule has 0 spiro atoms. The molecule has 0 N–H and O–H groups in total. The Morgan fingerprint density at radius 1 is 1.00 bits per heavy atom. The van der Waals surface area contributed by atoms with Gasteiger partial charge in [0.25, 0.3) is 0 Å². The first kappa shape index (κ1) is 9.32. The summed E-state index contributed by atoms with van der Waals surface area (Å²) in [7, 11) is 0. The molecule has 0 aromatic heterocycles. The van der Waals surface area contributed by atoms with Crippen molar-refractivity contribution in [2.45, 2.75) is 33.1 Å². The third-order valence-electron chi connectivity index (χ3n) is 4.51. The van der Waals surface area contributed by atoms with E-state index in [9.17, 15) is 9.59 Å². The van der Waals surface area contributed by atoms with E-state index in [1.807, 2.05) is 0 Å². The third kappa shape index (κ3) is 1.000. The Labute approximate surface area is 89.7 Å². The van der Waals surface area contributed by atoms with Gasteiger partial charge in [0, 0.05) is 11.8 Å². The first-order valence-corrected chi connectivity index (χ1v) is 5.84. The van der Waals surface area contributed by atoms with E-state index in [0.29, 0.717) is 11.8 Å². The van der Waals surface area contributed by atoms with Crippen LogP contribution >= 0.6 is 0 Å². The van der Waals surface area contributed by atoms with Crippen LogP contribution in [0.1, 0.15) is 33.1 Å². The highest BCUT2D eigenvalue weighted by Gasteiger charge is 2.59. The number of carbonyl (C=O) groups is 2. The number of fused-ring (bicyclic) bond motifs is 5. The topological polar surface area (TPSA) is 34.1 Å². The molecule has 0 unspecified atom stereocenters. The van der Waals surface area contributed by atoms with Gasteiger partial charge in [0.2, 0.25) is 0 Å². The Morgan fingerprint density at radius 3 is 1.87 bits per heavy atom. The predicted molar refractivity (Wildman–Crippen MR) is 56.2 cm³/mol. The molecule has 3 saturated carbocycles. The van der Waals surface area contributed by atoms with Crippen LogP contribution in [0.25, 0.3) is 0 Å². The minimum atomic E-state index is 0.0705. The van der Waals surface area contributed by atoms with E-state index < -0.39 is 0 Å². The zero-order chi connectivity index (χ0) is 10.7. The van der Waals surface area contributed by atoms with Crippen LogP contribution in [0.15, 0.2) is 11.1 Å². The number of carbonyl (C=O) groups excluding carboxylic acids is 2. The second-order valence-electron chi connectivity index (χ2n) is 5.41. The van der Waals surface area contributed by atoms with E-state index in [1.165, 1.54) is 11.1 Å². The number of rotatable bonds is 0. The van der Waals surface area contributed by atoms with Crippen LogP contribution in [0.5, 0.6) is 0 Å². The molecular formula is C13H16O2. The van der Waals surface area contributed by atoms with Gasteiger partial charge in [-0.25, -0.2) is 0 Å². The lowest BCUT2D eigenvalue weighted by molar-refractivity contribution is -0.123. The van der Waals surface area contributed by atoms with Crippen LogP contribution < -0.4 is 0 Å². The lowest BCUT2D eigenvalue weighted by Gasteiger charge is -2.20. The summed E-state index contributed by atoms with van der Waals surface area (Å²) in [6, 6.07) is 0. The summed E-state index contributed by atoms with van der Waals surface area (Å²) in [5.41, 5.74) is 2.80. The van der Waals surface area contributed by atoms with Gasteiger partial charge in [-0.1, -0.05) is 11.1 Å². The van der Waals surface area contributed by atoms with Crippen LogP contribution in [0.3, 0.4) is 0 Å². The molecule has 4 atom stereocenters. The molecule has 3 aliphatic rings.